The highest BCUT2D eigenvalue weighted by Crippen LogP contribution is 2.21. The first-order chi connectivity index (χ1) is 7.70. The second-order valence-corrected chi connectivity index (χ2v) is 3.45. The standard InChI is InChI=1S/C9H13N5O2/c10-7-9(13-2-1-12-7)14-3-4-16-5-6(14)8(11)15/h1-2,6H,3-5H2,(H2,10,12)(H2,11,15). The summed E-state index contributed by atoms with van der Waals surface area (Å²) in [5, 5.41) is 0. The normalized spacial score (nSPS) is 20.8. The van der Waals surface area contributed by atoms with Crippen LogP contribution in [-0.2, 0) is 9.53 Å². The lowest BCUT2D eigenvalue weighted by molar-refractivity contribution is -0.121. The van der Waals surface area contributed by atoms with E-state index in [0.29, 0.717) is 19.0 Å². The van der Waals surface area contributed by atoms with Crippen LogP contribution < -0.4 is 16.4 Å². The lowest BCUT2D eigenvalue weighted by Crippen LogP contribution is -2.53. The average Bonchev–Trinajstić information content (AvgIpc) is 2.29. The number of aromatic nitrogens is 2. The van der Waals surface area contributed by atoms with Gasteiger partial charge in [0.15, 0.2) is 11.6 Å². The molecule has 2 heterocycles. The third-order valence-electron chi connectivity index (χ3n) is 2.44. The van der Waals surface area contributed by atoms with Crippen LogP contribution in [0.15, 0.2) is 12.4 Å². The molecule has 1 saturated heterocycles. The Bertz CT molecular complexity index is 397. The van der Waals surface area contributed by atoms with E-state index in [1.165, 1.54) is 12.4 Å². The van der Waals surface area contributed by atoms with Gasteiger partial charge in [-0.1, -0.05) is 0 Å². The first-order valence-corrected chi connectivity index (χ1v) is 4.90. The van der Waals surface area contributed by atoms with Crippen molar-refractivity contribution in [1.82, 2.24) is 9.97 Å². The van der Waals surface area contributed by atoms with Gasteiger partial charge in [-0.25, -0.2) is 9.97 Å². The maximum atomic E-state index is 11.3. The van der Waals surface area contributed by atoms with Gasteiger partial charge in [-0.3, -0.25) is 4.79 Å². The van der Waals surface area contributed by atoms with E-state index < -0.39 is 11.9 Å². The average molecular weight is 223 g/mol. The van der Waals surface area contributed by atoms with Crippen molar-refractivity contribution in [3.63, 3.8) is 0 Å². The molecule has 7 heteroatoms. The number of ether oxygens (including phenoxy) is 1. The topological polar surface area (TPSA) is 107 Å². The Morgan fingerprint density at radius 3 is 2.94 bits per heavy atom. The number of carbonyl (C=O) groups excluding carboxylic acids is 1. The molecular weight excluding hydrogens is 210 g/mol. The number of rotatable bonds is 2. The Balaban J connectivity index is 2.30. The number of nitrogens with zero attached hydrogens (tertiary/aromatic N) is 3. The van der Waals surface area contributed by atoms with Gasteiger partial charge < -0.3 is 21.1 Å². The summed E-state index contributed by atoms with van der Waals surface area (Å²) in [6, 6.07) is -0.534. The van der Waals surface area contributed by atoms with Gasteiger partial charge in [0, 0.05) is 18.9 Å². The summed E-state index contributed by atoms with van der Waals surface area (Å²) in [4.78, 5) is 21.0. The van der Waals surface area contributed by atoms with E-state index in [1.807, 2.05) is 0 Å². The molecule has 0 aliphatic carbocycles. The number of nitrogens with two attached hydrogens (primary N) is 2. The molecule has 1 unspecified atom stereocenters. The number of primary amides is 1. The highest BCUT2D eigenvalue weighted by molar-refractivity contribution is 5.84. The van der Waals surface area contributed by atoms with E-state index in [1.54, 1.807) is 4.90 Å². The van der Waals surface area contributed by atoms with Crippen LogP contribution in [0.3, 0.4) is 0 Å². The van der Waals surface area contributed by atoms with Crippen LogP contribution in [0.1, 0.15) is 0 Å². The predicted octanol–water partition coefficient (Wildman–Crippen LogP) is -1.25. The maximum Gasteiger partial charge on any atom is 0.242 e. The molecule has 0 aromatic carbocycles. The fourth-order valence-electron chi connectivity index (χ4n) is 1.66. The molecule has 1 aliphatic rings. The van der Waals surface area contributed by atoms with E-state index in [0.717, 1.165) is 0 Å². The summed E-state index contributed by atoms with van der Waals surface area (Å²) in [5.74, 6) is 0.315. The van der Waals surface area contributed by atoms with Crippen LogP contribution in [-0.4, -0.2) is 41.7 Å². The van der Waals surface area contributed by atoms with Crippen LogP contribution >= 0.6 is 0 Å². The number of amides is 1. The fraction of sp³-hybridized carbons (Fsp3) is 0.444. The molecule has 4 N–H and O–H groups in total. The van der Waals surface area contributed by atoms with Gasteiger partial charge in [-0.05, 0) is 0 Å². The first-order valence-electron chi connectivity index (χ1n) is 4.90. The summed E-state index contributed by atoms with van der Waals surface area (Å²) in [6.45, 7) is 1.29. The van der Waals surface area contributed by atoms with Crippen molar-refractivity contribution in [2.75, 3.05) is 30.4 Å². The molecule has 0 saturated carbocycles. The minimum Gasteiger partial charge on any atom is -0.381 e. The SMILES string of the molecule is NC(=O)C1COCCN1c1nccnc1N. The Kier molecular flexibility index (Phi) is 2.86. The second kappa shape index (κ2) is 4.31. The summed E-state index contributed by atoms with van der Waals surface area (Å²) in [5.41, 5.74) is 11.0. The number of nitrogen functional groups attached to an aromatic ring is 1. The van der Waals surface area contributed by atoms with Gasteiger partial charge in [0.2, 0.25) is 5.91 Å². The number of morpholine rings is 1. The largest absolute Gasteiger partial charge is 0.381 e. The van der Waals surface area contributed by atoms with E-state index in [-0.39, 0.29) is 12.4 Å². The molecule has 16 heavy (non-hydrogen) atoms. The van der Waals surface area contributed by atoms with Gasteiger partial charge in [0.25, 0.3) is 0 Å². The Labute approximate surface area is 92.4 Å². The first kappa shape index (κ1) is 10.6. The molecule has 86 valence electrons. The smallest absolute Gasteiger partial charge is 0.242 e. The van der Waals surface area contributed by atoms with E-state index in [9.17, 15) is 4.79 Å². The van der Waals surface area contributed by atoms with Crippen LogP contribution in [0.5, 0.6) is 0 Å². The summed E-state index contributed by atoms with van der Waals surface area (Å²) < 4.78 is 5.20. The molecule has 1 aromatic heterocycles. The highest BCUT2D eigenvalue weighted by Gasteiger charge is 2.29. The zero-order chi connectivity index (χ0) is 11.5. The number of carbonyl (C=O) groups is 1. The van der Waals surface area contributed by atoms with Crippen LogP contribution in [0, 0.1) is 0 Å². The molecular formula is C9H13N5O2. The van der Waals surface area contributed by atoms with E-state index >= 15 is 0 Å². The second-order valence-electron chi connectivity index (χ2n) is 3.45. The third-order valence-corrected chi connectivity index (χ3v) is 2.44. The molecule has 1 aliphatic heterocycles. The van der Waals surface area contributed by atoms with Crippen molar-refractivity contribution < 1.29 is 9.53 Å². The monoisotopic (exact) mass is 223 g/mol. The van der Waals surface area contributed by atoms with E-state index in [4.69, 9.17) is 16.2 Å². The molecule has 1 aromatic rings. The van der Waals surface area contributed by atoms with Gasteiger partial charge in [-0.15, -0.1) is 0 Å². The maximum absolute atomic E-state index is 11.3. The molecule has 7 nitrogen and oxygen atoms in total. The number of hydrogen-bond donors (Lipinski definition) is 2. The lowest BCUT2D eigenvalue weighted by atomic mass is 10.2. The number of hydrogen-bond acceptors (Lipinski definition) is 6. The van der Waals surface area contributed by atoms with E-state index in [2.05, 4.69) is 9.97 Å². The van der Waals surface area contributed by atoms with Crippen molar-refractivity contribution in [3.05, 3.63) is 12.4 Å². The van der Waals surface area contributed by atoms with Gasteiger partial charge in [0.1, 0.15) is 6.04 Å². The molecule has 1 atom stereocenters. The highest BCUT2D eigenvalue weighted by atomic mass is 16.5. The van der Waals surface area contributed by atoms with Crippen molar-refractivity contribution in [2.45, 2.75) is 6.04 Å². The molecule has 1 amide bonds. The zero-order valence-corrected chi connectivity index (χ0v) is 8.67. The van der Waals surface area contributed by atoms with Crippen molar-refractivity contribution in [2.24, 2.45) is 5.73 Å². The van der Waals surface area contributed by atoms with Crippen molar-refractivity contribution >= 4 is 17.5 Å². The predicted molar refractivity (Wildman–Crippen MR) is 57.6 cm³/mol. The van der Waals surface area contributed by atoms with Crippen LogP contribution in [0.4, 0.5) is 11.6 Å². The molecule has 0 radical (unpaired) electrons. The third kappa shape index (κ3) is 1.89. The Morgan fingerprint density at radius 2 is 2.25 bits per heavy atom. The lowest BCUT2D eigenvalue weighted by Gasteiger charge is -2.34. The summed E-state index contributed by atoms with van der Waals surface area (Å²) in [6.07, 6.45) is 3.03. The summed E-state index contributed by atoms with van der Waals surface area (Å²) in [7, 11) is 0. The fourth-order valence-corrected chi connectivity index (χ4v) is 1.66. The van der Waals surface area contributed by atoms with Gasteiger partial charge >= 0.3 is 0 Å². The minimum atomic E-state index is -0.534. The molecule has 1 fully saturated rings. The Hall–Kier alpha value is -1.89. The minimum absolute atomic E-state index is 0.255. The zero-order valence-electron chi connectivity index (χ0n) is 8.67. The van der Waals surface area contributed by atoms with Crippen LogP contribution in [0.25, 0.3) is 0 Å². The molecule has 0 spiro atoms. The van der Waals surface area contributed by atoms with Crippen molar-refractivity contribution in [1.29, 1.82) is 0 Å². The molecule has 2 rings (SSSR count). The van der Waals surface area contributed by atoms with Gasteiger partial charge in [0.05, 0.1) is 13.2 Å². The van der Waals surface area contributed by atoms with Crippen molar-refractivity contribution in [3.8, 4) is 0 Å². The Morgan fingerprint density at radius 1 is 1.50 bits per heavy atom. The van der Waals surface area contributed by atoms with Crippen LogP contribution in [0.2, 0.25) is 0 Å². The summed E-state index contributed by atoms with van der Waals surface area (Å²) >= 11 is 0. The molecule has 0 bridgehead atoms. The number of anilines is 2. The quantitative estimate of drug-likeness (QED) is 0.648. The van der Waals surface area contributed by atoms with Gasteiger partial charge in [-0.2, -0.15) is 0 Å².